The molecule has 0 spiro atoms. The van der Waals surface area contributed by atoms with E-state index in [4.69, 9.17) is 14.2 Å². The van der Waals surface area contributed by atoms with E-state index in [-0.39, 0.29) is 172 Å². The number of ether oxygens (including phenoxy) is 3. The average Bonchev–Trinajstić information content (AvgIpc) is 0.761. The van der Waals surface area contributed by atoms with Crippen LogP contribution in [0.4, 0.5) is 0 Å². The minimum Gasteiger partial charge on any atom is -0.511 e. The fourth-order valence-electron chi connectivity index (χ4n) is 32.1. The predicted octanol–water partition coefficient (Wildman–Crippen LogP) is 20.3. The van der Waals surface area contributed by atoms with Gasteiger partial charge in [0.05, 0.1) is 54.8 Å². The number of ketones is 5. The molecule has 19 heteroatoms. The lowest BCUT2D eigenvalue weighted by Gasteiger charge is -2.69. The van der Waals surface area contributed by atoms with Gasteiger partial charge in [-0.3, -0.25) is 38.4 Å². The molecule has 636 valence electrons. The summed E-state index contributed by atoms with van der Waals surface area (Å²) in [4.78, 5) is 116. The van der Waals surface area contributed by atoms with Crippen LogP contribution in [0.15, 0.2) is 94.8 Å². The molecular formula is C98H137N7O12. The molecular weight excluding hydrogens is 1470 g/mol. The second kappa shape index (κ2) is 26.8. The number of hydrogen-bond acceptors (Lipinski definition) is 19. The normalized spacial score (nSPS) is 45.8. The molecule has 17 aliphatic rings. The first-order valence-electron chi connectivity index (χ1n) is 44.7. The molecule has 0 bridgehead atoms. The van der Waals surface area contributed by atoms with Gasteiger partial charge in [0.1, 0.15) is 12.4 Å². The van der Waals surface area contributed by atoms with Crippen LogP contribution in [0.3, 0.4) is 0 Å². The summed E-state index contributed by atoms with van der Waals surface area (Å²) in [6, 6.07) is 2.29. The van der Waals surface area contributed by atoms with E-state index in [0.717, 1.165) is 146 Å². The van der Waals surface area contributed by atoms with Crippen molar-refractivity contribution in [2.75, 3.05) is 34.7 Å². The van der Waals surface area contributed by atoms with Crippen molar-refractivity contribution >= 4 is 52.7 Å². The van der Waals surface area contributed by atoms with Gasteiger partial charge >= 0.3 is 17.9 Å². The molecule has 2 N–H and O–H groups in total. The smallest absolute Gasteiger partial charge is 0.312 e. The van der Waals surface area contributed by atoms with Crippen LogP contribution in [0.5, 0.6) is 0 Å². The third-order valence-corrected chi connectivity index (χ3v) is 39.1. The number of azo groups is 2. The topological polar surface area (TPSA) is 282 Å². The van der Waals surface area contributed by atoms with E-state index in [9.17, 15) is 48.7 Å². The van der Waals surface area contributed by atoms with Crippen LogP contribution in [0.1, 0.15) is 293 Å². The number of nitrogens with zero attached hydrogens (tertiary/aromatic N) is 6. The highest BCUT2D eigenvalue weighted by Gasteiger charge is 2.76. The van der Waals surface area contributed by atoms with Gasteiger partial charge in [-0.15, -0.1) is 10.2 Å². The van der Waals surface area contributed by atoms with Gasteiger partial charge in [0.25, 0.3) is 0 Å². The fourth-order valence-corrected chi connectivity index (χ4v) is 32.1. The van der Waals surface area contributed by atoms with Crippen LogP contribution in [-0.4, -0.2) is 92.4 Å². The van der Waals surface area contributed by atoms with Crippen LogP contribution in [0.25, 0.3) is 0 Å². The summed E-state index contributed by atoms with van der Waals surface area (Å²) in [7, 11) is 4.49. The number of Topliss-reactive ketones (excluding diaryl/α,β-unsaturated/α-hetero) is 2. The number of allylic oxidation sites excluding steroid dienone is 10. The van der Waals surface area contributed by atoms with E-state index in [0.29, 0.717) is 42.3 Å². The summed E-state index contributed by atoms with van der Waals surface area (Å²) < 4.78 is 16.3. The maximum Gasteiger partial charge on any atom is 0.312 e. The van der Waals surface area contributed by atoms with Crippen molar-refractivity contribution in [3.8, 4) is 6.07 Å². The highest BCUT2D eigenvalue weighted by atomic mass is 16.5. The largest absolute Gasteiger partial charge is 0.511 e. The average molecular weight is 1610 g/mol. The second-order valence-corrected chi connectivity index (χ2v) is 46.8. The Hall–Kier alpha value is -6.84. The maximum absolute atomic E-state index is 14.6. The number of nitrogens with one attached hydrogen (secondary N) is 1. The molecule has 10 saturated carbocycles. The number of aliphatic hydroxyl groups excluding tert-OH is 1. The van der Waals surface area contributed by atoms with E-state index in [1.807, 2.05) is 32.1 Å². The second-order valence-electron chi connectivity index (χ2n) is 46.8. The first-order chi connectivity index (χ1) is 54.2. The quantitative estimate of drug-likeness (QED) is 0.150. The summed E-state index contributed by atoms with van der Waals surface area (Å²) >= 11 is 0. The van der Waals surface area contributed by atoms with Crippen LogP contribution >= 0.6 is 0 Å². The van der Waals surface area contributed by atoms with E-state index < -0.39 is 37.9 Å². The lowest BCUT2D eigenvalue weighted by Crippen LogP contribution is -2.66. The van der Waals surface area contributed by atoms with Gasteiger partial charge in [-0.25, -0.2) is 4.99 Å². The number of methoxy groups -OCH3 is 3. The third-order valence-electron chi connectivity index (χ3n) is 39.1. The summed E-state index contributed by atoms with van der Waals surface area (Å²) in [6.07, 6.45) is 27.2. The van der Waals surface area contributed by atoms with Gasteiger partial charge in [-0.1, -0.05) is 168 Å². The Bertz CT molecular complexity index is 4720. The zero-order valence-corrected chi connectivity index (χ0v) is 75.3. The number of carbonyl (C=O) groups excluding carboxylic acids is 8. The molecule has 2 heterocycles. The highest BCUT2D eigenvalue weighted by molar-refractivity contribution is 6.24. The van der Waals surface area contributed by atoms with Crippen molar-refractivity contribution in [2.45, 2.75) is 293 Å². The number of carbonyl (C=O) groups is 8. The number of rotatable bonds is 4. The molecule has 10 fully saturated rings. The molecule has 0 saturated heterocycles. The number of aliphatic hydroxyl groups is 1. The van der Waals surface area contributed by atoms with E-state index in [1.54, 1.807) is 0 Å². The molecule has 0 aromatic carbocycles. The van der Waals surface area contributed by atoms with Crippen molar-refractivity contribution in [3.05, 3.63) is 69.3 Å². The third kappa shape index (κ3) is 11.4. The monoisotopic (exact) mass is 1600 g/mol. The van der Waals surface area contributed by atoms with Crippen LogP contribution < -0.4 is 5.32 Å². The predicted molar refractivity (Wildman–Crippen MR) is 446 cm³/mol. The van der Waals surface area contributed by atoms with Crippen molar-refractivity contribution in [3.63, 3.8) is 0 Å². The Morgan fingerprint density at radius 3 is 1.22 bits per heavy atom. The molecule has 0 radical (unpaired) electrons. The molecule has 0 aromatic rings. The molecule has 15 aliphatic carbocycles. The van der Waals surface area contributed by atoms with Crippen molar-refractivity contribution < 1.29 is 57.7 Å². The minimum absolute atomic E-state index is 0.0275. The van der Waals surface area contributed by atoms with Gasteiger partial charge < -0.3 is 24.6 Å². The maximum atomic E-state index is 14.6. The van der Waals surface area contributed by atoms with Gasteiger partial charge in [-0.05, 0) is 261 Å². The summed E-state index contributed by atoms with van der Waals surface area (Å²) in [5, 5.41) is 40.8. The Morgan fingerprint density at radius 2 is 0.838 bits per heavy atom. The van der Waals surface area contributed by atoms with E-state index >= 15 is 0 Å². The first-order valence-corrected chi connectivity index (χ1v) is 44.7. The molecule has 0 amide bonds. The van der Waals surface area contributed by atoms with Crippen LogP contribution in [-0.2, 0) is 52.6 Å². The Morgan fingerprint density at radius 1 is 0.462 bits per heavy atom. The number of esters is 3. The number of hydrogen-bond donors (Lipinski definition) is 2. The Labute approximate surface area is 696 Å². The summed E-state index contributed by atoms with van der Waals surface area (Å²) in [5.41, 5.74) is -0.760. The lowest BCUT2D eigenvalue weighted by atomic mass is 9.33. The molecule has 19 nitrogen and oxygen atoms in total. The lowest BCUT2D eigenvalue weighted by molar-refractivity contribution is -0.193. The first kappa shape index (κ1) is 85.2. The van der Waals surface area contributed by atoms with Crippen molar-refractivity contribution in [1.29, 1.82) is 5.26 Å². The van der Waals surface area contributed by atoms with Crippen LogP contribution in [0, 0.1) is 162 Å². The number of fused-ring (bicyclic) bond motifs is 21. The van der Waals surface area contributed by atoms with Gasteiger partial charge in [-0.2, -0.15) is 15.5 Å². The molecule has 17 rings (SSSR count). The number of aliphatic imine (C=N–C) groups is 1. The molecule has 117 heavy (non-hydrogen) atoms. The standard InChI is InChI=1S/C33H47N3O4.C33H45N3O4.C32H45NO4/c2*1-28(2)11-13-33(27(39)40-8)14-12-32(7)24(20(33)17-28)21(37)15-23-30(5)16-19(26-34-18-35-36-26)25(38)29(3,4)22(30)9-10-31(23,32)6;1-27(2)11-13-32(26(36)37-8)14-12-31(7)24(20(32)17-27)21(34)15-23-29(5)16-19(18-33)25(35)28(3,4)22(29)9-10-30(23,31)6/h15,20,22,24,34H,9-14,16-18H2,1-8H3;15-16,20,22,24H,9-14,17-18H2,1-8H3;15,20,22,24,35H,9-14,16-17H2,1-8H3/t2*20-,22?,24-,30-,31+,32+,33-;20-,22?,24-,29-,30+,31+,32-/m000/s1. The van der Waals surface area contributed by atoms with Crippen molar-refractivity contribution in [1.82, 2.24) is 5.32 Å². The zero-order valence-electron chi connectivity index (χ0n) is 75.3. The molecule has 2 aliphatic heterocycles. The van der Waals surface area contributed by atoms with Gasteiger partial charge in [0, 0.05) is 45.0 Å². The summed E-state index contributed by atoms with van der Waals surface area (Å²) in [5.74, 6) is 1.12. The van der Waals surface area contributed by atoms with Crippen LogP contribution in [0.2, 0.25) is 0 Å². The van der Waals surface area contributed by atoms with E-state index in [1.165, 1.54) is 32.5 Å². The highest BCUT2D eigenvalue weighted by Crippen LogP contribution is 2.80. The molecule has 21 atom stereocenters. The molecule has 3 unspecified atom stereocenters. The van der Waals surface area contributed by atoms with E-state index in [2.05, 4.69) is 174 Å². The number of amidine groups is 1. The summed E-state index contributed by atoms with van der Waals surface area (Å²) in [6.45, 7) is 47.5. The fraction of sp³-hybridized carbons (Fsp3) is 0.776. The van der Waals surface area contributed by atoms with Gasteiger partial charge in [0.15, 0.2) is 47.2 Å². The SMILES string of the molecule is COC(=O)[C@]12CCC(C)(C)C[C@H]1[C@H]1C(=O)C=C3[C@@]4(C)C=C(C5=NCN=N5)C(=O)C(C)(C)C4CC[C@@]3(C)[C@]1(C)CC2.COC(=O)[C@]12CCC(C)(C)C[C@H]1[C@H]1C(=O)C=C3[C@@]4(C)CC(=C5N=NCN5)C(=O)C(C)(C)C4CC[C@@]3(C)[C@]1(C)CC2.COC(=O)[C@]12CCC(C)(C)C[C@H]1[C@H]1C(=O)C=C3[C@@]4(C)CC(C#N)=C(O)C(C)(C)C4CC[C@@]3(C)[C@]1(C)CC2. The Kier molecular flexibility index (Phi) is 19.5. The number of nitriles is 1. The zero-order chi connectivity index (χ0) is 85.6. The minimum atomic E-state index is -0.623. The molecule has 0 aromatic heterocycles. The van der Waals surface area contributed by atoms with Crippen molar-refractivity contribution in [2.24, 2.45) is 176 Å². The Balaban J connectivity index is 0.000000138. The van der Waals surface area contributed by atoms with Gasteiger partial charge in [0.2, 0.25) is 0 Å².